The van der Waals surface area contributed by atoms with Crippen molar-refractivity contribution in [1.29, 1.82) is 0 Å². The Hall–Kier alpha value is -3.35. The summed E-state index contributed by atoms with van der Waals surface area (Å²) in [5.41, 5.74) is 1.12. The van der Waals surface area contributed by atoms with Gasteiger partial charge in [-0.1, -0.05) is 0 Å². The summed E-state index contributed by atoms with van der Waals surface area (Å²) in [5, 5.41) is 0. The van der Waals surface area contributed by atoms with Gasteiger partial charge in [0.15, 0.2) is 6.10 Å². The number of rotatable bonds is 8. The fourth-order valence-corrected chi connectivity index (χ4v) is 3.32. The van der Waals surface area contributed by atoms with Crippen LogP contribution in [0.3, 0.4) is 0 Å². The Morgan fingerprint density at radius 1 is 1.07 bits per heavy atom. The Bertz CT molecular complexity index is 906. The van der Waals surface area contributed by atoms with Gasteiger partial charge in [-0.2, -0.15) is 0 Å². The SMILES string of the molecule is CCOc1ccc(N2C[C@H](C(=O)O[C@H](C)C(=O)c3ccc(OC)cc3)CC2=O)cc1. The van der Waals surface area contributed by atoms with E-state index in [1.165, 1.54) is 6.92 Å². The highest BCUT2D eigenvalue weighted by Crippen LogP contribution is 2.28. The number of hydrogen-bond acceptors (Lipinski definition) is 6. The van der Waals surface area contributed by atoms with Crippen molar-refractivity contribution in [3.8, 4) is 11.5 Å². The lowest BCUT2D eigenvalue weighted by Gasteiger charge is -2.18. The van der Waals surface area contributed by atoms with Crippen LogP contribution in [0.25, 0.3) is 0 Å². The summed E-state index contributed by atoms with van der Waals surface area (Å²) in [6, 6.07) is 13.7. The van der Waals surface area contributed by atoms with Crippen molar-refractivity contribution >= 4 is 23.3 Å². The number of benzene rings is 2. The predicted octanol–water partition coefficient (Wildman–Crippen LogP) is 3.26. The molecule has 1 amide bonds. The van der Waals surface area contributed by atoms with Gasteiger partial charge in [0.1, 0.15) is 11.5 Å². The number of hydrogen-bond donors (Lipinski definition) is 0. The van der Waals surface area contributed by atoms with E-state index >= 15 is 0 Å². The van der Waals surface area contributed by atoms with Crippen LogP contribution in [-0.4, -0.2) is 44.0 Å². The monoisotopic (exact) mass is 411 g/mol. The average molecular weight is 411 g/mol. The zero-order valence-corrected chi connectivity index (χ0v) is 17.3. The number of carbonyl (C=O) groups is 3. The van der Waals surface area contributed by atoms with Gasteiger partial charge in [0.2, 0.25) is 11.7 Å². The Labute approximate surface area is 175 Å². The van der Waals surface area contributed by atoms with Gasteiger partial charge in [-0.05, 0) is 62.4 Å². The van der Waals surface area contributed by atoms with Crippen LogP contribution in [0.4, 0.5) is 5.69 Å². The fourth-order valence-electron chi connectivity index (χ4n) is 3.32. The number of nitrogens with zero attached hydrogens (tertiary/aromatic N) is 1. The fraction of sp³-hybridized carbons (Fsp3) is 0.348. The van der Waals surface area contributed by atoms with Crippen molar-refractivity contribution in [3.63, 3.8) is 0 Å². The number of Topliss-reactive ketones (excluding diaryl/α,β-unsaturated/α-hetero) is 1. The van der Waals surface area contributed by atoms with Crippen molar-refractivity contribution in [3.05, 3.63) is 54.1 Å². The minimum atomic E-state index is -0.944. The van der Waals surface area contributed by atoms with E-state index in [1.807, 2.05) is 6.92 Å². The van der Waals surface area contributed by atoms with E-state index in [0.717, 1.165) is 5.75 Å². The number of methoxy groups -OCH3 is 1. The maximum Gasteiger partial charge on any atom is 0.312 e. The summed E-state index contributed by atoms with van der Waals surface area (Å²) in [4.78, 5) is 39.0. The Kier molecular flexibility index (Phi) is 6.72. The first-order chi connectivity index (χ1) is 14.4. The number of carbonyl (C=O) groups excluding carboxylic acids is 3. The van der Waals surface area contributed by atoms with Gasteiger partial charge in [-0.3, -0.25) is 14.4 Å². The second-order valence-corrected chi connectivity index (χ2v) is 7.00. The first-order valence-corrected chi connectivity index (χ1v) is 9.85. The highest BCUT2D eigenvalue weighted by atomic mass is 16.5. The smallest absolute Gasteiger partial charge is 0.312 e. The molecule has 2 aromatic carbocycles. The molecule has 0 saturated carbocycles. The van der Waals surface area contributed by atoms with Gasteiger partial charge >= 0.3 is 5.97 Å². The van der Waals surface area contributed by atoms with Gasteiger partial charge in [-0.15, -0.1) is 0 Å². The number of esters is 1. The molecule has 7 heteroatoms. The average Bonchev–Trinajstić information content (AvgIpc) is 3.16. The first kappa shape index (κ1) is 21.4. The molecule has 1 fully saturated rings. The topological polar surface area (TPSA) is 82.1 Å². The van der Waals surface area contributed by atoms with Crippen LogP contribution >= 0.6 is 0 Å². The zero-order chi connectivity index (χ0) is 21.7. The summed E-state index contributed by atoms with van der Waals surface area (Å²) < 4.78 is 15.9. The van der Waals surface area contributed by atoms with E-state index in [2.05, 4.69) is 0 Å². The molecule has 2 atom stereocenters. The van der Waals surface area contributed by atoms with Crippen molar-refractivity contribution in [2.75, 3.05) is 25.2 Å². The highest BCUT2D eigenvalue weighted by molar-refractivity contribution is 6.02. The number of amides is 1. The molecule has 0 bridgehead atoms. The molecular weight excluding hydrogens is 386 g/mol. The summed E-state index contributed by atoms with van der Waals surface area (Å²) >= 11 is 0. The van der Waals surface area contributed by atoms with Gasteiger partial charge in [-0.25, -0.2) is 0 Å². The van der Waals surface area contributed by atoms with Crippen LogP contribution in [0.2, 0.25) is 0 Å². The molecule has 3 rings (SSSR count). The maximum atomic E-state index is 12.6. The summed E-state index contributed by atoms with van der Waals surface area (Å²) in [7, 11) is 1.54. The number of ketones is 1. The summed E-state index contributed by atoms with van der Waals surface area (Å²) in [5.74, 6) is -0.278. The molecule has 7 nitrogen and oxygen atoms in total. The van der Waals surface area contributed by atoms with E-state index in [0.29, 0.717) is 23.6 Å². The summed E-state index contributed by atoms with van der Waals surface area (Å²) in [6.07, 6.45) is -0.893. The van der Waals surface area contributed by atoms with Gasteiger partial charge < -0.3 is 19.1 Å². The van der Waals surface area contributed by atoms with Crippen molar-refractivity contribution < 1.29 is 28.6 Å². The third kappa shape index (κ3) is 4.79. The molecule has 30 heavy (non-hydrogen) atoms. The molecule has 0 N–H and O–H groups in total. The molecule has 0 aliphatic carbocycles. The Balaban J connectivity index is 1.60. The van der Waals surface area contributed by atoms with E-state index < -0.39 is 18.0 Å². The largest absolute Gasteiger partial charge is 0.497 e. The van der Waals surface area contributed by atoms with Gasteiger partial charge in [0, 0.05) is 24.2 Å². The number of anilines is 1. The number of ether oxygens (including phenoxy) is 3. The highest BCUT2D eigenvalue weighted by Gasteiger charge is 2.37. The first-order valence-electron chi connectivity index (χ1n) is 9.85. The third-order valence-electron chi connectivity index (χ3n) is 4.95. The van der Waals surface area contributed by atoms with Crippen LogP contribution in [-0.2, 0) is 14.3 Å². The Morgan fingerprint density at radius 3 is 2.30 bits per heavy atom. The van der Waals surface area contributed by atoms with E-state index in [4.69, 9.17) is 14.2 Å². The minimum Gasteiger partial charge on any atom is -0.497 e. The lowest BCUT2D eigenvalue weighted by Crippen LogP contribution is -2.30. The van der Waals surface area contributed by atoms with Crippen molar-refractivity contribution in [2.24, 2.45) is 5.92 Å². The standard InChI is InChI=1S/C23H25NO6/c1-4-29-20-11-7-18(8-12-20)24-14-17(13-21(24)25)23(27)30-15(2)22(26)16-5-9-19(28-3)10-6-16/h5-12,15,17H,4,13-14H2,1-3H3/t15-,17-/m1/s1. The van der Waals surface area contributed by atoms with Crippen LogP contribution in [0.1, 0.15) is 30.6 Å². The molecule has 1 heterocycles. The minimum absolute atomic E-state index is 0.0511. The van der Waals surface area contributed by atoms with Crippen LogP contribution < -0.4 is 14.4 Å². The van der Waals surface area contributed by atoms with Crippen molar-refractivity contribution in [2.45, 2.75) is 26.4 Å². The molecule has 1 aliphatic rings. The molecule has 158 valence electrons. The van der Waals surface area contributed by atoms with E-state index in [1.54, 1.807) is 60.5 Å². The molecule has 0 spiro atoms. The molecule has 0 unspecified atom stereocenters. The maximum absolute atomic E-state index is 12.6. The molecule has 0 radical (unpaired) electrons. The van der Waals surface area contributed by atoms with Crippen LogP contribution in [0, 0.1) is 5.92 Å². The second kappa shape index (κ2) is 9.43. The van der Waals surface area contributed by atoms with Crippen molar-refractivity contribution in [1.82, 2.24) is 0 Å². The van der Waals surface area contributed by atoms with Gasteiger partial charge in [0.05, 0.1) is 19.6 Å². The quantitative estimate of drug-likeness (QED) is 0.490. The molecule has 0 aromatic heterocycles. The lowest BCUT2D eigenvalue weighted by atomic mass is 10.1. The Morgan fingerprint density at radius 2 is 1.70 bits per heavy atom. The van der Waals surface area contributed by atoms with Crippen LogP contribution in [0.5, 0.6) is 11.5 Å². The second-order valence-electron chi connectivity index (χ2n) is 7.00. The van der Waals surface area contributed by atoms with E-state index in [9.17, 15) is 14.4 Å². The molecular formula is C23H25NO6. The third-order valence-corrected chi connectivity index (χ3v) is 4.95. The molecule has 2 aromatic rings. The van der Waals surface area contributed by atoms with E-state index in [-0.39, 0.29) is 24.7 Å². The zero-order valence-electron chi connectivity index (χ0n) is 17.3. The molecule has 1 aliphatic heterocycles. The van der Waals surface area contributed by atoms with Gasteiger partial charge in [0.25, 0.3) is 0 Å². The van der Waals surface area contributed by atoms with Crippen LogP contribution in [0.15, 0.2) is 48.5 Å². The predicted molar refractivity (Wildman–Crippen MR) is 111 cm³/mol. The normalized spacial score (nSPS) is 16.8. The molecule has 1 saturated heterocycles. The summed E-state index contributed by atoms with van der Waals surface area (Å²) in [6.45, 7) is 4.21. The lowest BCUT2D eigenvalue weighted by molar-refractivity contribution is -0.151.